The van der Waals surface area contributed by atoms with Gasteiger partial charge in [0, 0.05) is 0 Å². The third kappa shape index (κ3) is 5.76. The fourth-order valence-corrected chi connectivity index (χ4v) is 1.97. The molecule has 1 aromatic rings. The number of hydrogen-bond donors (Lipinski definition) is 1. The number of hydrogen-bond acceptors (Lipinski definition) is 3. The quantitative estimate of drug-likeness (QED) is 0.730. The smallest absolute Gasteiger partial charge is 0.122 e. The summed E-state index contributed by atoms with van der Waals surface area (Å²) in [4.78, 5) is 0. The van der Waals surface area contributed by atoms with Gasteiger partial charge in [0.05, 0.1) is 18.6 Å². The number of methoxy groups -OCH3 is 1. The first-order valence-electron chi connectivity index (χ1n) is 6.83. The van der Waals surface area contributed by atoms with Crippen LogP contribution in [0.2, 0.25) is 0 Å². The summed E-state index contributed by atoms with van der Waals surface area (Å²) in [5, 5.41) is 12.3. The van der Waals surface area contributed by atoms with Crippen molar-refractivity contribution in [3.63, 3.8) is 0 Å². The van der Waals surface area contributed by atoms with E-state index >= 15 is 0 Å². The SMILES string of the molecule is COc1ccccc1CCNCCCC(C)(C)C#N. The van der Waals surface area contributed by atoms with Crippen LogP contribution in [0.4, 0.5) is 0 Å². The summed E-state index contributed by atoms with van der Waals surface area (Å²) in [6.07, 6.45) is 2.93. The van der Waals surface area contributed by atoms with Gasteiger partial charge in [0.1, 0.15) is 5.75 Å². The molecule has 0 spiro atoms. The molecule has 0 aliphatic heterocycles. The summed E-state index contributed by atoms with van der Waals surface area (Å²) in [7, 11) is 1.70. The highest BCUT2D eigenvalue weighted by molar-refractivity contribution is 5.33. The molecule has 0 unspecified atom stereocenters. The predicted molar refractivity (Wildman–Crippen MR) is 78.2 cm³/mol. The molecule has 19 heavy (non-hydrogen) atoms. The lowest BCUT2D eigenvalue weighted by Crippen LogP contribution is -2.20. The highest BCUT2D eigenvalue weighted by Crippen LogP contribution is 2.20. The van der Waals surface area contributed by atoms with Crippen LogP contribution in [0, 0.1) is 16.7 Å². The maximum absolute atomic E-state index is 8.92. The van der Waals surface area contributed by atoms with E-state index in [2.05, 4.69) is 17.5 Å². The van der Waals surface area contributed by atoms with Crippen LogP contribution in [-0.4, -0.2) is 20.2 Å². The number of rotatable bonds is 8. The highest BCUT2D eigenvalue weighted by atomic mass is 16.5. The molecule has 0 aliphatic carbocycles. The summed E-state index contributed by atoms with van der Waals surface area (Å²) in [6.45, 7) is 5.87. The Morgan fingerprint density at radius 1 is 1.26 bits per heavy atom. The van der Waals surface area contributed by atoms with Gasteiger partial charge in [-0.05, 0) is 57.8 Å². The van der Waals surface area contributed by atoms with Crippen molar-refractivity contribution in [3.05, 3.63) is 29.8 Å². The fraction of sp³-hybridized carbons (Fsp3) is 0.562. The first-order valence-corrected chi connectivity index (χ1v) is 6.83. The molecule has 1 aromatic carbocycles. The monoisotopic (exact) mass is 260 g/mol. The normalized spacial score (nSPS) is 11.1. The van der Waals surface area contributed by atoms with Crippen molar-refractivity contribution < 1.29 is 4.74 Å². The Kier molecular flexibility index (Phi) is 6.38. The lowest BCUT2D eigenvalue weighted by atomic mass is 9.90. The standard InChI is InChI=1S/C16H24N2O/c1-16(2,13-17)10-6-11-18-12-9-14-7-4-5-8-15(14)19-3/h4-5,7-8,18H,6,9-12H2,1-3H3. The lowest BCUT2D eigenvalue weighted by Gasteiger charge is -2.14. The molecule has 0 atom stereocenters. The molecule has 0 saturated heterocycles. The molecule has 3 heteroatoms. The maximum atomic E-state index is 8.92. The molecule has 0 amide bonds. The zero-order valence-electron chi connectivity index (χ0n) is 12.2. The topological polar surface area (TPSA) is 45.0 Å². The van der Waals surface area contributed by atoms with Gasteiger partial charge in [-0.2, -0.15) is 5.26 Å². The molecule has 3 nitrogen and oxygen atoms in total. The first kappa shape index (κ1) is 15.5. The molecule has 104 valence electrons. The number of nitrogens with one attached hydrogen (secondary N) is 1. The zero-order valence-corrected chi connectivity index (χ0v) is 12.2. The Bertz CT molecular complexity index is 421. The minimum atomic E-state index is -0.204. The summed E-state index contributed by atoms with van der Waals surface area (Å²) in [5.74, 6) is 0.954. The molecule has 0 aromatic heterocycles. The number of para-hydroxylation sites is 1. The molecule has 0 heterocycles. The molecule has 0 radical (unpaired) electrons. The summed E-state index contributed by atoms with van der Waals surface area (Å²) >= 11 is 0. The van der Waals surface area contributed by atoms with E-state index in [0.29, 0.717) is 0 Å². The predicted octanol–water partition coefficient (Wildman–Crippen LogP) is 3.16. The van der Waals surface area contributed by atoms with Gasteiger partial charge in [-0.3, -0.25) is 0 Å². The van der Waals surface area contributed by atoms with E-state index < -0.39 is 0 Å². The molecular formula is C16H24N2O. The van der Waals surface area contributed by atoms with Crippen molar-refractivity contribution in [2.45, 2.75) is 33.1 Å². The average Bonchev–Trinajstić information content (AvgIpc) is 2.43. The highest BCUT2D eigenvalue weighted by Gasteiger charge is 2.15. The number of nitriles is 1. The van der Waals surface area contributed by atoms with Crippen LogP contribution >= 0.6 is 0 Å². The minimum absolute atomic E-state index is 0.204. The molecule has 1 rings (SSSR count). The fourth-order valence-electron chi connectivity index (χ4n) is 1.97. The van der Waals surface area contributed by atoms with Gasteiger partial charge in [0.2, 0.25) is 0 Å². The zero-order chi connectivity index (χ0) is 14.1. The Labute approximate surface area is 116 Å². The second-order valence-electron chi connectivity index (χ2n) is 5.41. The summed E-state index contributed by atoms with van der Waals surface area (Å²) < 4.78 is 5.32. The minimum Gasteiger partial charge on any atom is -0.496 e. The van der Waals surface area contributed by atoms with Crippen molar-refractivity contribution in [3.8, 4) is 11.8 Å². The van der Waals surface area contributed by atoms with Gasteiger partial charge in [-0.25, -0.2) is 0 Å². The van der Waals surface area contributed by atoms with Crippen LogP contribution in [0.25, 0.3) is 0 Å². The van der Waals surface area contributed by atoms with Gasteiger partial charge in [-0.1, -0.05) is 18.2 Å². The van der Waals surface area contributed by atoms with Crippen molar-refractivity contribution in [2.24, 2.45) is 5.41 Å². The summed E-state index contributed by atoms with van der Waals surface area (Å²) in [5.41, 5.74) is 1.03. The average molecular weight is 260 g/mol. The Morgan fingerprint density at radius 2 is 2.00 bits per heavy atom. The van der Waals surface area contributed by atoms with Crippen molar-refractivity contribution in [1.82, 2.24) is 5.32 Å². The third-order valence-electron chi connectivity index (χ3n) is 3.22. The van der Waals surface area contributed by atoms with E-state index in [4.69, 9.17) is 10.00 Å². The lowest BCUT2D eigenvalue weighted by molar-refractivity contribution is 0.408. The molecule has 0 fully saturated rings. The van der Waals surface area contributed by atoms with Gasteiger partial charge in [0.25, 0.3) is 0 Å². The van der Waals surface area contributed by atoms with E-state index in [1.165, 1.54) is 5.56 Å². The van der Waals surface area contributed by atoms with Crippen LogP contribution in [0.15, 0.2) is 24.3 Å². The third-order valence-corrected chi connectivity index (χ3v) is 3.22. The number of nitrogens with zero attached hydrogens (tertiary/aromatic N) is 1. The molecular weight excluding hydrogens is 236 g/mol. The largest absolute Gasteiger partial charge is 0.496 e. The van der Waals surface area contributed by atoms with Crippen LogP contribution in [0.5, 0.6) is 5.75 Å². The van der Waals surface area contributed by atoms with E-state index in [1.807, 2.05) is 32.0 Å². The van der Waals surface area contributed by atoms with Gasteiger partial charge >= 0.3 is 0 Å². The maximum Gasteiger partial charge on any atom is 0.122 e. The second kappa shape index (κ2) is 7.81. The first-order chi connectivity index (χ1) is 9.09. The van der Waals surface area contributed by atoms with E-state index in [0.717, 1.165) is 38.1 Å². The second-order valence-corrected chi connectivity index (χ2v) is 5.41. The van der Waals surface area contributed by atoms with Gasteiger partial charge < -0.3 is 10.1 Å². The van der Waals surface area contributed by atoms with Gasteiger partial charge in [0.15, 0.2) is 0 Å². The Balaban J connectivity index is 2.20. The Morgan fingerprint density at radius 3 is 2.68 bits per heavy atom. The van der Waals surface area contributed by atoms with Crippen LogP contribution < -0.4 is 10.1 Å². The number of ether oxygens (including phenoxy) is 1. The molecule has 0 saturated carbocycles. The molecule has 0 aliphatic rings. The van der Waals surface area contributed by atoms with Crippen LogP contribution in [0.3, 0.4) is 0 Å². The van der Waals surface area contributed by atoms with Crippen LogP contribution in [-0.2, 0) is 6.42 Å². The van der Waals surface area contributed by atoms with Crippen LogP contribution in [0.1, 0.15) is 32.3 Å². The van der Waals surface area contributed by atoms with Gasteiger partial charge in [-0.15, -0.1) is 0 Å². The Hall–Kier alpha value is -1.53. The van der Waals surface area contributed by atoms with E-state index in [-0.39, 0.29) is 5.41 Å². The van der Waals surface area contributed by atoms with Crippen molar-refractivity contribution in [1.29, 1.82) is 5.26 Å². The van der Waals surface area contributed by atoms with E-state index in [9.17, 15) is 0 Å². The van der Waals surface area contributed by atoms with E-state index in [1.54, 1.807) is 7.11 Å². The van der Waals surface area contributed by atoms with Crippen molar-refractivity contribution in [2.75, 3.05) is 20.2 Å². The molecule has 0 bridgehead atoms. The molecule has 1 N–H and O–H groups in total. The van der Waals surface area contributed by atoms with Crippen molar-refractivity contribution >= 4 is 0 Å². The number of benzene rings is 1. The summed E-state index contributed by atoms with van der Waals surface area (Å²) in [6, 6.07) is 10.4.